The van der Waals surface area contributed by atoms with Gasteiger partial charge in [0.15, 0.2) is 12.4 Å². The SMILES string of the molecule is CSC(=S)/C(=C(/[O-])c1ccccc1)[n+]1cccc(C)c1. The number of aryl methyl sites for hydroxylation is 1. The van der Waals surface area contributed by atoms with Gasteiger partial charge in [-0.15, -0.1) is 11.8 Å². The van der Waals surface area contributed by atoms with Gasteiger partial charge in [0.25, 0.3) is 0 Å². The Morgan fingerprint density at radius 2 is 1.85 bits per heavy atom. The van der Waals surface area contributed by atoms with Crippen LogP contribution in [0, 0.1) is 6.92 Å². The standard InChI is InChI=1S/C16H15NOS2/c1-12-7-6-10-17(11-12)14(16(19)20-2)15(18)13-8-4-3-5-9-13/h3-11H,1-2H3. The van der Waals surface area contributed by atoms with Gasteiger partial charge in [0.05, 0.1) is 0 Å². The highest BCUT2D eigenvalue weighted by Gasteiger charge is 2.17. The van der Waals surface area contributed by atoms with E-state index in [0.29, 0.717) is 15.5 Å². The normalized spacial score (nSPS) is 11.9. The number of thiocarbonyl (C=S) groups is 1. The minimum atomic E-state index is -0.0550. The van der Waals surface area contributed by atoms with Gasteiger partial charge in [0.2, 0.25) is 5.70 Å². The van der Waals surface area contributed by atoms with Crippen LogP contribution in [-0.4, -0.2) is 10.5 Å². The molecule has 0 bridgehead atoms. The van der Waals surface area contributed by atoms with Gasteiger partial charge in [0.1, 0.15) is 4.20 Å². The Morgan fingerprint density at radius 1 is 1.15 bits per heavy atom. The maximum atomic E-state index is 12.7. The van der Waals surface area contributed by atoms with Crippen LogP contribution in [0.15, 0.2) is 54.9 Å². The van der Waals surface area contributed by atoms with E-state index in [1.54, 1.807) is 0 Å². The molecular formula is C16H15NOS2. The highest BCUT2D eigenvalue weighted by Crippen LogP contribution is 2.19. The van der Waals surface area contributed by atoms with Gasteiger partial charge in [0, 0.05) is 11.6 Å². The first-order valence-electron chi connectivity index (χ1n) is 6.17. The summed E-state index contributed by atoms with van der Waals surface area (Å²) >= 11 is 6.77. The molecule has 2 aromatic rings. The van der Waals surface area contributed by atoms with Crippen molar-refractivity contribution in [3.63, 3.8) is 0 Å². The van der Waals surface area contributed by atoms with E-state index in [1.165, 1.54) is 11.8 Å². The summed E-state index contributed by atoms with van der Waals surface area (Å²) in [5.41, 5.74) is 2.25. The molecule has 0 amide bonds. The molecule has 0 aliphatic heterocycles. The minimum Gasteiger partial charge on any atom is -0.868 e. The lowest BCUT2D eigenvalue weighted by atomic mass is 10.1. The van der Waals surface area contributed by atoms with E-state index in [1.807, 2.05) is 72.6 Å². The van der Waals surface area contributed by atoms with Gasteiger partial charge in [-0.05, 0) is 30.6 Å². The molecule has 0 aliphatic rings. The Labute approximate surface area is 128 Å². The van der Waals surface area contributed by atoms with Gasteiger partial charge < -0.3 is 5.11 Å². The Kier molecular flexibility index (Phi) is 4.93. The average molecular weight is 301 g/mol. The third-order valence-electron chi connectivity index (χ3n) is 2.84. The Hall–Kier alpha value is -1.65. The molecule has 0 fully saturated rings. The van der Waals surface area contributed by atoms with E-state index in [-0.39, 0.29) is 5.76 Å². The van der Waals surface area contributed by atoms with Crippen molar-refractivity contribution < 1.29 is 9.67 Å². The smallest absolute Gasteiger partial charge is 0.228 e. The van der Waals surface area contributed by atoms with Crippen molar-refractivity contribution in [3.05, 3.63) is 66.0 Å². The zero-order valence-corrected chi connectivity index (χ0v) is 13.0. The maximum Gasteiger partial charge on any atom is 0.228 e. The Balaban J connectivity index is 2.62. The predicted octanol–water partition coefficient (Wildman–Crippen LogP) is 2.66. The number of hydrogen-bond acceptors (Lipinski definition) is 3. The molecule has 0 spiro atoms. The van der Waals surface area contributed by atoms with Gasteiger partial charge in [-0.2, -0.15) is 4.57 Å². The van der Waals surface area contributed by atoms with E-state index >= 15 is 0 Å². The molecule has 1 aromatic carbocycles. The molecular weight excluding hydrogens is 286 g/mol. The molecule has 0 saturated carbocycles. The molecule has 2 nitrogen and oxygen atoms in total. The quantitative estimate of drug-likeness (QED) is 0.377. The van der Waals surface area contributed by atoms with E-state index in [9.17, 15) is 5.11 Å². The molecule has 1 aromatic heterocycles. The van der Waals surface area contributed by atoms with E-state index in [2.05, 4.69) is 0 Å². The molecule has 4 heteroatoms. The lowest BCUT2D eigenvalue weighted by molar-refractivity contribution is -0.577. The summed E-state index contributed by atoms with van der Waals surface area (Å²) < 4.78 is 2.40. The first kappa shape index (κ1) is 14.8. The highest BCUT2D eigenvalue weighted by atomic mass is 32.2. The summed E-state index contributed by atoms with van der Waals surface area (Å²) in [6, 6.07) is 13.1. The molecule has 0 atom stereocenters. The van der Waals surface area contributed by atoms with Crippen LogP contribution in [-0.2, 0) is 0 Å². The lowest BCUT2D eigenvalue weighted by Crippen LogP contribution is -2.37. The van der Waals surface area contributed by atoms with Gasteiger partial charge in [-0.3, -0.25) is 0 Å². The van der Waals surface area contributed by atoms with Crippen LogP contribution < -0.4 is 9.67 Å². The van der Waals surface area contributed by atoms with E-state index in [0.717, 1.165) is 5.56 Å². The largest absolute Gasteiger partial charge is 0.868 e. The van der Waals surface area contributed by atoms with Crippen molar-refractivity contribution in [1.29, 1.82) is 0 Å². The summed E-state index contributed by atoms with van der Waals surface area (Å²) in [4.78, 5) is 0. The van der Waals surface area contributed by atoms with Crippen LogP contribution >= 0.6 is 24.0 Å². The summed E-state index contributed by atoms with van der Waals surface area (Å²) in [5.74, 6) is -0.0550. The second kappa shape index (κ2) is 6.68. The zero-order valence-electron chi connectivity index (χ0n) is 11.4. The van der Waals surface area contributed by atoms with Crippen LogP contribution in [0.3, 0.4) is 0 Å². The zero-order chi connectivity index (χ0) is 14.5. The lowest BCUT2D eigenvalue weighted by Gasteiger charge is -2.15. The monoisotopic (exact) mass is 301 g/mol. The van der Waals surface area contributed by atoms with E-state index < -0.39 is 0 Å². The molecule has 0 saturated heterocycles. The average Bonchev–Trinajstić information content (AvgIpc) is 2.48. The minimum absolute atomic E-state index is 0.0550. The predicted molar refractivity (Wildman–Crippen MR) is 87.0 cm³/mol. The van der Waals surface area contributed by atoms with Crippen LogP contribution in [0.4, 0.5) is 0 Å². The summed E-state index contributed by atoms with van der Waals surface area (Å²) in [7, 11) is 0. The second-order valence-corrected chi connectivity index (χ2v) is 5.81. The molecule has 0 N–H and O–H groups in total. The van der Waals surface area contributed by atoms with Crippen molar-refractivity contribution in [2.45, 2.75) is 6.92 Å². The van der Waals surface area contributed by atoms with Crippen molar-refractivity contribution in [2.24, 2.45) is 0 Å². The van der Waals surface area contributed by atoms with Crippen LogP contribution in [0.2, 0.25) is 0 Å². The summed E-state index contributed by atoms with van der Waals surface area (Å²) in [6.45, 7) is 1.99. The fraction of sp³-hybridized carbons (Fsp3) is 0.125. The van der Waals surface area contributed by atoms with Gasteiger partial charge >= 0.3 is 0 Å². The fourth-order valence-corrected chi connectivity index (χ4v) is 2.46. The van der Waals surface area contributed by atoms with Crippen molar-refractivity contribution in [1.82, 2.24) is 0 Å². The first-order valence-corrected chi connectivity index (χ1v) is 7.80. The van der Waals surface area contributed by atoms with Crippen molar-refractivity contribution in [3.8, 4) is 0 Å². The Morgan fingerprint density at radius 3 is 2.45 bits per heavy atom. The summed E-state index contributed by atoms with van der Waals surface area (Å²) in [6.07, 6.45) is 5.65. The molecule has 20 heavy (non-hydrogen) atoms. The van der Waals surface area contributed by atoms with Crippen LogP contribution in [0.1, 0.15) is 11.1 Å². The number of benzene rings is 1. The number of aromatic nitrogens is 1. The summed E-state index contributed by atoms with van der Waals surface area (Å²) in [5, 5.41) is 12.7. The van der Waals surface area contributed by atoms with Crippen molar-refractivity contribution >= 4 is 39.6 Å². The molecule has 1 heterocycles. The fourth-order valence-electron chi connectivity index (χ4n) is 1.87. The number of rotatable bonds is 3. The number of hydrogen-bond donors (Lipinski definition) is 0. The first-order chi connectivity index (χ1) is 9.63. The van der Waals surface area contributed by atoms with Gasteiger partial charge in [-0.1, -0.05) is 42.5 Å². The second-order valence-electron chi connectivity index (χ2n) is 4.32. The van der Waals surface area contributed by atoms with Crippen LogP contribution in [0.25, 0.3) is 11.5 Å². The third kappa shape index (κ3) is 3.26. The maximum absolute atomic E-state index is 12.7. The molecule has 2 rings (SSSR count). The van der Waals surface area contributed by atoms with E-state index in [4.69, 9.17) is 12.2 Å². The topological polar surface area (TPSA) is 26.9 Å². The molecule has 0 aliphatic carbocycles. The van der Waals surface area contributed by atoms with Crippen molar-refractivity contribution in [2.75, 3.05) is 6.26 Å². The molecule has 0 unspecified atom stereocenters. The van der Waals surface area contributed by atoms with Gasteiger partial charge in [-0.25, -0.2) is 0 Å². The number of nitrogens with zero attached hydrogens (tertiary/aromatic N) is 1. The highest BCUT2D eigenvalue weighted by molar-refractivity contribution is 8.23. The Bertz CT molecular complexity index is 651. The molecule has 102 valence electrons. The molecule has 0 radical (unpaired) electrons. The third-order valence-corrected chi connectivity index (χ3v) is 4.09. The number of pyridine rings is 1. The number of thioether (sulfide) groups is 1. The van der Waals surface area contributed by atoms with Crippen LogP contribution in [0.5, 0.6) is 0 Å².